The monoisotopic (exact) mass is 216 g/mol. The lowest BCUT2D eigenvalue weighted by atomic mass is 10.00. The highest BCUT2D eigenvalue weighted by atomic mass is 16.2. The van der Waals surface area contributed by atoms with Crippen LogP contribution in [-0.2, 0) is 7.05 Å². The van der Waals surface area contributed by atoms with Gasteiger partial charge in [-0.3, -0.25) is 14.9 Å². The van der Waals surface area contributed by atoms with Crippen molar-refractivity contribution in [1.29, 1.82) is 0 Å². The second-order valence-electron chi connectivity index (χ2n) is 4.09. The number of carbonyl (C=O) groups excluding carboxylic acids is 2. The Labute approximate surface area is 93.3 Å². The standard InChI is InChI=1S/C12H10N2O2.H2/c1-6-5-8-7(3-4-14(8)2)10-9(6)11(15)13-12(10)16;/h3-5H,1-2H3,(H,13,15,16);1H. The topological polar surface area (TPSA) is 51.1 Å². The summed E-state index contributed by atoms with van der Waals surface area (Å²) in [6.45, 7) is 1.85. The van der Waals surface area contributed by atoms with Crippen molar-refractivity contribution in [3.63, 3.8) is 0 Å². The summed E-state index contributed by atoms with van der Waals surface area (Å²) in [7, 11) is 1.92. The van der Waals surface area contributed by atoms with E-state index in [9.17, 15) is 9.59 Å². The maximum Gasteiger partial charge on any atom is 0.259 e. The second-order valence-corrected chi connectivity index (χ2v) is 4.09. The minimum Gasteiger partial charge on any atom is -0.351 e. The number of aryl methyl sites for hydroxylation is 2. The molecule has 1 aliphatic heterocycles. The van der Waals surface area contributed by atoms with E-state index < -0.39 is 0 Å². The van der Waals surface area contributed by atoms with Crippen molar-refractivity contribution >= 4 is 22.7 Å². The zero-order valence-electron chi connectivity index (χ0n) is 9.00. The van der Waals surface area contributed by atoms with Crippen molar-refractivity contribution in [2.24, 2.45) is 7.05 Å². The molecule has 1 aromatic carbocycles. The first kappa shape index (κ1) is 9.15. The maximum atomic E-state index is 11.7. The van der Waals surface area contributed by atoms with Gasteiger partial charge in [-0.1, -0.05) is 0 Å². The van der Waals surface area contributed by atoms with E-state index in [0.29, 0.717) is 11.1 Å². The fourth-order valence-electron chi connectivity index (χ4n) is 2.30. The van der Waals surface area contributed by atoms with Crippen LogP contribution in [0.1, 0.15) is 27.7 Å². The Bertz CT molecular complexity index is 658. The highest BCUT2D eigenvalue weighted by Crippen LogP contribution is 2.29. The Morgan fingerprint density at radius 2 is 1.94 bits per heavy atom. The molecule has 4 heteroatoms. The molecule has 2 aromatic rings. The van der Waals surface area contributed by atoms with Gasteiger partial charge in [-0.2, -0.15) is 0 Å². The van der Waals surface area contributed by atoms with Crippen molar-refractivity contribution in [1.82, 2.24) is 9.88 Å². The Morgan fingerprint density at radius 1 is 1.25 bits per heavy atom. The molecule has 2 heterocycles. The Kier molecular flexibility index (Phi) is 1.56. The first-order valence-electron chi connectivity index (χ1n) is 5.04. The second kappa shape index (κ2) is 2.72. The molecule has 0 fully saturated rings. The predicted octanol–water partition coefficient (Wildman–Crippen LogP) is 1.62. The largest absolute Gasteiger partial charge is 0.351 e. The number of fused-ring (bicyclic) bond motifs is 3. The zero-order chi connectivity index (χ0) is 11.4. The van der Waals surface area contributed by atoms with Gasteiger partial charge in [0.25, 0.3) is 11.8 Å². The summed E-state index contributed by atoms with van der Waals surface area (Å²) in [5.41, 5.74) is 2.85. The van der Waals surface area contributed by atoms with E-state index >= 15 is 0 Å². The number of hydrogen-bond acceptors (Lipinski definition) is 2. The number of imide groups is 1. The summed E-state index contributed by atoms with van der Waals surface area (Å²) >= 11 is 0. The van der Waals surface area contributed by atoms with E-state index in [-0.39, 0.29) is 13.2 Å². The van der Waals surface area contributed by atoms with Gasteiger partial charge in [-0.05, 0) is 24.6 Å². The normalized spacial score (nSPS) is 14.4. The molecule has 1 aromatic heterocycles. The molecule has 3 rings (SSSR count). The first-order valence-corrected chi connectivity index (χ1v) is 5.04. The fraction of sp³-hybridized carbons (Fsp3) is 0.167. The van der Waals surface area contributed by atoms with Crippen molar-refractivity contribution in [3.8, 4) is 0 Å². The lowest BCUT2D eigenvalue weighted by Crippen LogP contribution is -2.20. The van der Waals surface area contributed by atoms with Crippen molar-refractivity contribution in [3.05, 3.63) is 35.0 Å². The minimum atomic E-state index is -0.292. The molecule has 1 aliphatic rings. The summed E-state index contributed by atoms with van der Waals surface area (Å²) in [5.74, 6) is -0.580. The molecule has 0 saturated carbocycles. The zero-order valence-corrected chi connectivity index (χ0v) is 9.00. The number of nitrogens with zero attached hydrogens (tertiary/aromatic N) is 1. The van der Waals surface area contributed by atoms with Gasteiger partial charge in [0.2, 0.25) is 0 Å². The van der Waals surface area contributed by atoms with E-state index in [1.54, 1.807) is 0 Å². The molecule has 16 heavy (non-hydrogen) atoms. The quantitative estimate of drug-likeness (QED) is 0.680. The van der Waals surface area contributed by atoms with Gasteiger partial charge in [0.1, 0.15) is 0 Å². The van der Waals surface area contributed by atoms with Gasteiger partial charge in [-0.15, -0.1) is 0 Å². The number of hydrogen-bond donors (Lipinski definition) is 1. The van der Waals surface area contributed by atoms with Crippen LogP contribution < -0.4 is 5.32 Å². The molecule has 0 saturated heterocycles. The molecule has 0 unspecified atom stereocenters. The van der Waals surface area contributed by atoms with Crippen LogP contribution in [0.3, 0.4) is 0 Å². The maximum absolute atomic E-state index is 11.7. The van der Waals surface area contributed by atoms with Gasteiger partial charge in [0.05, 0.1) is 11.1 Å². The van der Waals surface area contributed by atoms with E-state index in [2.05, 4.69) is 5.32 Å². The molecular formula is C12H12N2O2. The Hall–Kier alpha value is -2.10. The number of rotatable bonds is 0. The molecule has 0 bridgehead atoms. The SMILES string of the molecule is Cc1cc2c(ccn2C)c2c1C(=O)NC2=O.[HH]. The highest BCUT2D eigenvalue weighted by molar-refractivity contribution is 6.27. The van der Waals surface area contributed by atoms with Gasteiger partial charge in [0.15, 0.2) is 0 Å². The molecule has 0 spiro atoms. The third-order valence-corrected chi connectivity index (χ3v) is 3.07. The first-order chi connectivity index (χ1) is 7.59. The summed E-state index contributed by atoms with van der Waals surface area (Å²) in [6.07, 6.45) is 1.89. The molecule has 4 nitrogen and oxygen atoms in total. The molecule has 0 radical (unpaired) electrons. The van der Waals surface area contributed by atoms with Crippen LogP contribution in [0.5, 0.6) is 0 Å². The molecule has 0 aliphatic carbocycles. The van der Waals surface area contributed by atoms with Crippen LogP contribution in [0.25, 0.3) is 10.9 Å². The van der Waals surface area contributed by atoms with Crippen LogP contribution >= 0.6 is 0 Å². The lowest BCUT2D eigenvalue weighted by Gasteiger charge is -2.03. The van der Waals surface area contributed by atoms with E-state index in [1.807, 2.05) is 36.9 Å². The third kappa shape index (κ3) is 0.934. The van der Waals surface area contributed by atoms with Gasteiger partial charge >= 0.3 is 0 Å². The van der Waals surface area contributed by atoms with Crippen LogP contribution in [0.2, 0.25) is 0 Å². The highest BCUT2D eigenvalue weighted by Gasteiger charge is 2.31. The average molecular weight is 216 g/mol. The van der Waals surface area contributed by atoms with E-state index in [0.717, 1.165) is 16.5 Å². The third-order valence-electron chi connectivity index (χ3n) is 3.07. The summed E-state index contributed by atoms with van der Waals surface area (Å²) in [6, 6.07) is 3.80. The molecular weight excluding hydrogens is 204 g/mol. The molecule has 0 atom stereocenters. The fourth-order valence-corrected chi connectivity index (χ4v) is 2.30. The Balaban J connectivity index is 0.00000108. The number of amides is 2. The molecule has 2 amide bonds. The van der Waals surface area contributed by atoms with Crippen LogP contribution in [0.15, 0.2) is 18.3 Å². The minimum absolute atomic E-state index is 0. The number of aromatic nitrogens is 1. The molecule has 82 valence electrons. The van der Waals surface area contributed by atoms with E-state index in [4.69, 9.17) is 0 Å². The molecule has 1 N–H and O–H groups in total. The predicted molar refractivity (Wildman–Crippen MR) is 61.6 cm³/mol. The van der Waals surface area contributed by atoms with Gasteiger partial charge in [0, 0.05) is 25.6 Å². The summed E-state index contributed by atoms with van der Waals surface area (Å²) < 4.78 is 1.94. The smallest absolute Gasteiger partial charge is 0.259 e. The Morgan fingerprint density at radius 3 is 2.69 bits per heavy atom. The van der Waals surface area contributed by atoms with Crippen LogP contribution in [-0.4, -0.2) is 16.4 Å². The summed E-state index contributed by atoms with van der Waals surface area (Å²) in [4.78, 5) is 23.3. The lowest BCUT2D eigenvalue weighted by molar-refractivity contribution is 0.0880. The van der Waals surface area contributed by atoms with Gasteiger partial charge < -0.3 is 4.57 Å². The number of benzene rings is 1. The van der Waals surface area contributed by atoms with Crippen LogP contribution in [0.4, 0.5) is 0 Å². The van der Waals surface area contributed by atoms with Crippen LogP contribution in [0, 0.1) is 6.92 Å². The number of carbonyl (C=O) groups is 2. The van der Waals surface area contributed by atoms with Crippen molar-refractivity contribution in [2.45, 2.75) is 6.92 Å². The number of nitrogens with one attached hydrogen (secondary N) is 1. The van der Waals surface area contributed by atoms with Crippen molar-refractivity contribution in [2.75, 3.05) is 0 Å². The summed E-state index contributed by atoms with van der Waals surface area (Å²) in [5, 5.41) is 3.18. The van der Waals surface area contributed by atoms with Gasteiger partial charge in [-0.25, -0.2) is 0 Å². The van der Waals surface area contributed by atoms with Crippen molar-refractivity contribution < 1.29 is 11.0 Å². The van der Waals surface area contributed by atoms with E-state index in [1.165, 1.54) is 0 Å². The average Bonchev–Trinajstić information content (AvgIpc) is 2.71.